The average Bonchev–Trinajstić information content (AvgIpc) is 3.28. The highest BCUT2D eigenvalue weighted by molar-refractivity contribution is 6.13. The van der Waals surface area contributed by atoms with Crippen molar-refractivity contribution in [3.8, 4) is 0 Å². The SMILES string of the molecule is Cc1cn2cc(NC(=O)c3ccc(N4C[C@@H](C)N[C@H](C)C4)c4nn(C)nc34)cc(F)c2n1. The van der Waals surface area contributed by atoms with E-state index < -0.39 is 5.82 Å². The second-order valence-corrected chi connectivity index (χ2v) is 8.54. The van der Waals surface area contributed by atoms with Gasteiger partial charge in [0.05, 0.1) is 22.6 Å². The van der Waals surface area contributed by atoms with Crippen LogP contribution in [0.1, 0.15) is 29.9 Å². The molecule has 5 rings (SSSR count). The number of nitrogens with zero attached hydrogens (tertiary/aromatic N) is 6. The molecule has 1 aliphatic heterocycles. The molecule has 1 amide bonds. The van der Waals surface area contributed by atoms with Gasteiger partial charge < -0.3 is 19.9 Å². The smallest absolute Gasteiger partial charge is 0.258 e. The lowest BCUT2D eigenvalue weighted by atomic mass is 10.1. The number of anilines is 2. The molecule has 1 aromatic carbocycles. The van der Waals surface area contributed by atoms with Crippen LogP contribution in [0.15, 0.2) is 30.6 Å². The standard InChI is InChI=1S/C22H25FN8O/c1-12-8-30(9-13(2)24-12)18-6-5-16(19-20(18)28-29(4)27-19)22(32)26-15-7-17(23)21-25-14(3)10-31(21)11-15/h5-7,10-13,24H,8-9H2,1-4H3,(H,26,32)/t12-,13-/m1/s1. The predicted octanol–water partition coefficient (Wildman–Crippen LogP) is 2.50. The van der Waals surface area contributed by atoms with E-state index in [4.69, 9.17) is 0 Å². The van der Waals surface area contributed by atoms with Crippen LogP contribution >= 0.6 is 0 Å². The van der Waals surface area contributed by atoms with E-state index in [9.17, 15) is 9.18 Å². The maximum absolute atomic E-state index is 14.4. The number of aryl methyl sites for hydroxylation is 2. The lowest BCUT2D eigenvalue weighted by molar-refractivity contribution is 0.102. The molecule has 32 heavy (non-hydrogen) atoms. The highest BCUT2D eigenvalue weighted by Gasteiger charge is 2.25. The normalized spacial score (nSPS) is 19.1. The van der Waals surface area contributed by atoms with Crippen LogP contribution in [0.4, 0.5) is 15.8 Å². The van der Waals surface area contributed by atoms with Crippen molar-refractivity contribution in [3.63, 3.8) is 0 Å². The van der Waals surface area contributed by atoms with Gasteiger partial charge in [-0.05, 0) is 32.9 Å². The van der Waals surface area contributed by atoms with Gasteiger partial charge in [0, 0.05) is 50.7 Å². The molecule has 0 unspecified atom stereocenters. The summed E-state index contributed by atoms with van der Waals surface area (Å²) in [7, 11) is 1.74. The Kier molecular flexibility index (Phi) is 4.81. The van der Waals surface area contributed by atoms with Gasteiger partial charge in [0.1, 0.15) is 11.0 Å². The van der Waals surface area contributed by atoms with Crippen molar-refractivity contribution in [2.24, 2.45) is 7.05 Å². The summed E-state index contributed by atoms with van der Waals surface area (Å²) >= 11 is 0. The van der Waals surface area contributed by atoms with E-state index in [1.807, 2.05) is 6.07 Å². The summed E-state index contributed by atoms with van der Waals surface area (Å²) in [6.45, 7) is 7.76. The molecule has 1 fully saturated rings. The van der Waals surface area contributed by atoms with Crippen LogP contribution in [0, 0.1) is 12.7 Å². The molecular formula is C22H25FN8O. The molecule has 2 atom stereocenters. The van der Waals surface area contributed by atoms with Gasteiger partial charge in [-0.2, -0.15) is 15.0 Å². The quantitative estimate of drug-likeness (QED) is 0.513. The third kappa shape index (κ3) is 3.56. The maximum atomic E-state index is 14.4. The van der Waals surface area contributed by atoms with Crippen LogP contribution in [-0.4, -0.2) is 55.5 Å². The molecule has 9 nitrogen and oxygen atoms in total. The molecule has 4 aromatic rings. The number of rotatable bonds is 3. The molecule has 0 saturated carbocycles. The number of fused-ring (bicyclic) bond motifs is 2. The molecule has 2 N–H and O–H groups in total. The van der Waals surface area contributed by atoms with Gasteiger partial charge in [-0.25, -0.2) is 9.37 Å². The topological polar surface area (TPSA) is 92.4 Å². The van der Waals surface area contributed by atoms with Crippen molar-refractivity contribution in [1.82, 2.24) is 29.7 Å². The van der Waals surface area contributed by atoms with E-state index >= 15 is 0 Å². The van der Waals surface area contributed by atoms with E-state index in [0.717, 1.165) is 18.8 Å². The zero-order valence-electron chi connectivity index (χ0n) is 18.4. The second kappa shape index (κ2) is 7.56. The van der Waals surface area contributed by atoms with Crippen LogP contribution in [0.5, 0.6) is 0 Å². The molecular weight excluding hydrogens is 411 g/mol. The summed E-state index contributed by atoms with van der Waals surface area (Å²) < 4.78 is 16.0. The Morgan fingerprint density at radius 3 is 2.62 bits per heavy atom. The fourth-order valence-corrected chi connectivity index (χ4v) is 4.49. The van der Waals surface area contributed by atoms with Crippen molar-refractivity contribution in [2.45, 2.75) is 32.9 Å². The summed E-state index contributed by atoms with van der Waals surface area (Å²) in [5, 5.41) is 15.3. The van der Waals surface area contributed by atoms with E-state index in [-0.39, 0.29) is 11.6 Å². The molecule has 3 aromatic heterocycles. The third-order valence-corrected chi connectivity index (χ3v) is 5.65. The Bertz CT molecular complexity index is 1330. The first-order chi connectivity index (χ1) is 15.3. The van der Waals surface area contributed by atoms with Gasteiger partial charge in [0.25, 0.3) is 5.91 Å². The highest BCUT2D eigenvalue weighted by Crippen LogP contribution is 2.29. The van der Waals surface area contributed by atoms with Crippen molar-refractivity contribution in [3.05, 3.63) is 47.7 Å². The van der Waals surface area contributed by atoms with E-state index in [1.165, 1.54) is 10.9 Å². The molecule has 0 spiro atoms. The van der Waals surface area contributed by atoms with E-state index in [0.29, 0.717) is 40.1 Å². The fraction of sp³-hybridized carbons (Fsp3) is 0.364. The van der Waals surface area contributed by atoms with Gasteiger partial charge in [-0.15, -0.1) is 0 Å². The number of imidazole rings is 1. The molecule has 4 heterocycles. The Morgan fingerprint density at radius 1 is 1.16 bits per heavy atom. The number of carbonyl (C=O) groups excluding carboxylic acids is 1. The van der Waals surface area contributed by atoms with Gasteiger partial charge in [0.2, 0.25) is 0 Å². The lowest BCUT2D eigenvalue weighted by Gasteiger charge is -2.37. The number of nitrogens with one attached hydrogen (secondary N) is 2. The molecule has 10 heteroatoms. The zero-order chi connectivity index (χ0) is 22.6. The minimum atomic E-state index is -0.502. The van der Waals surface area contributed by atoms with Gasteiger partial charge in [0.15, 0.2) is 11.5 Å². The van der Waals surface area contributed by atoms with E-state index in [1.54, 1.807) is 36.8 Å². The third-order valence-electron chi connectivity index (χ3n) is 5.65. The van der Waals surface area contributed by atoms with Crippen LogP contribution in [0.25, 0.3) is 16.7 Å². The fourth-order valence-electron chi connectivity index (χ4n) is 4.49. The monoisotopic (exact) mass is 436 g/mol. The zero-order valence-corrected chi connectivity index (χ0v) is 18.4. The van der Waals surface area contributed by atoms with Crippen molar-refractivity contribution >= 4 is 34.0 Å². The number of benzene rings is 1. The predicted molar refractivity (Wildman–Crippen MR) is 121 cm³/mol. The van der Waals surface area contributed by atoms with Gasteiger partial charge >= 0.3 is 0 Å². The van der Waals surface area contributed by atoms with Crippen LogP contribution in [0.3, 0.4) is 0 Å². The number of pyridine rings is 1. The molecule has 1 aliphatic rings. The summed E-state index contributed by atoms with van der Waals surface area (Å²) in [6.07, 6.45) is 3.35. The number of hydrogen-bond acceptors (Lipinski definition) is 6. The van der Waals surface area contributed by atoms with Crippen molar-refractivity contribution < 1.29 is 9.18 Å². The number of halogens is 1. The molecule has 0 bridgehead atoms. The minimum absolute atomic E-state index is 0.223. The first-order valence-corrected chi connectivity index (χ1v) is 10.6. The molecule has 0 radical (unpaired) electrons. The van der Waals surface area contributed by atoms with Crippen LogP contribution in [0.2, 0.25) is 0 Å². The van der Waals surface area contributed by atoms with Crippen LogP contribution in [-0.2, 0) is 7.05 Å². The maximum Gasteiger partial charge on any atom is 0.258 e. The molecule has 166 valence electrons. The van der Waals surface area contributed by atoms with Gasteiger partial charge in [-0.1, -0.05) is 0 Å². The van der Waals surface area contributed by atoms with Crippen molar-refractivity contribution in [2.75, 3.05) is 23.3 Å². The molecule has 1 saturated heterocycles. The summed E-state index contributed by atoms with van der Waals surface area (Å²) in [4.78, 5) is 21.0. The lowest BCUT2D eigenvalue weighted by Crippen LogP contribution is -2.54. The summed E-state index contributed by atoms with van der Waals surface area (Å²) in [6, 6.07) is 5.62. The summed E-state index contributed by atoms with van der Waals surface area (Å²) in [5.74, 6) is -0.877. The van der Waals surface area contributed by atoms with Crippen molar-refractivity contribution in [1.29, 1.82) is 0 Å². The van der Waals surface area contributed by atoms with E-state index in [2.05, 4.69) is 44.6 Å². The largest absolute Gasteiger partial charge is 0.367 e. The first-order valence-electron chi connectivity index (χ1n) is 10.6. The number of piperazine rings is 1. The number of carbonyl (C=O) groups is 1. The summed E-state index contributed by atoms with van der Waals surface area (Å²) in [5.41, 5.74) is 3.78. The highest BCUT2D eigenvalue weighted by atomic mass is 19.1. The Balaban J connectivity index is 1.50. The minimum Gasteiger partial charge on any atom is -0.367 e. The number of hydrogen-bond donors (Lipinski definition) is 2. The van der Waals surface area contributed by atoms with Gasteiger partial charge in [-0.3, -0.25) is 4.79 Å². The second-order valence-electron chi connectivity index (χ2n) is 8.54. The number of amides is 1. The molecule has 0 aliphatic carbocycles. The number of aromatic nitrogens is 5. The first kappa shape index (κ1) is 20.4. The average molecular weight is 436 g/mol. The van der Waals surface area contributed by atoms with Crippen LogP contribution < -0.4 is 15.5 Å². The Hall–Kier alpha value is -3.53. The Labute approximate surface area is 184 Å². The Morgan fingerprint density at radius 2 is 1.88 bits per heavy atom.